The van der Waals surface area contributed by atoms with Crippen LogP contribution in [0.25, 0.3) is 0 Å². The number of nitrogens with zero attached hydrogens (tertiary/aromatic N) is 1. The van der Waals surface area contributed by atoms with E-state index in [0.29, 0.717) is 5.41 Å². The van der Waals surface area contributed by atoms with Gasteiger partial charge in [0.25, 0.3) is 0 Å². The molecule has 1 unspecified atom stereocenters. The maximum atomic E-state index is 4.24. The van der Waals surface area contributed by atoms with E-state index in [-0.39, 0.29) is 0 Å². The molecule has 1 aromatic rings. The fourth-order valence-electron chi connectivity index (χ4n) is 3.16. The van der Waals surface area contributed by atoms with E-state index in [4.69, 9.17) is 0 Å². The number of rotatable bonds is 2. The van der Waals surface area contributed by atoms with Crippen molar-refractivity contribution in [2.45, 2.75) is 31.6 Å². The van der Waals surface area contributed by atoms with Crippen LogP contribution in [-0.4, -0.2) is 18.6 Å². The summed E-state index contributed by atoms with van der Waals surface area (Å²) < 4.78 is 0. The average molecular weight is 202 g/mol. The van der Waals surface area contributed by atoms with Gasteiger partial charge in [-0.2, -0.15) is 0 Å². The number of pyridine rings is 1. The Morgan fingerprint density at radius 1 is 1.47 bits per heavy atom. The van der Waals surface area contributed by atoms with Crippen LogP contribution >= 0.6 is 0 Å². The van der Waals surface area contributed by atoms with Gasteiger partial charge in [-0.15, -0.1) is 0 Å². The topological polar surface area (TPSA) is 24.9 Å². The summed E-state index contributed by atoms with van der Waals surface area (Å²) in [6, 6.07) is 2.23. The highest BCUT2D eigenvalue weighted by Crippen LogP contribution is 2.61. The number of nitrogens with one attached hydrogen (secondary N) is 1. The summed E-state index contributed by atoms with van der Waals surface area (Å²) >= 11 is 0. The number of likely N-dealkylation sites (N-methyl/N-ethyl adjacent to an activating group) is 1. The highest BCUT2D eigenvalue weighted by atomic mass is 14.8. The van der Waals surface area contributed by atoms with E-state index in [2.05, 4.69) is 29.6 Å². The third kappa shape index (κ3) is 1.39. The molecule has 2 nitrogen and oxygen atoms in total. The summed E-state index contributed by atoms with van der Waals surface area (Å²) in [6.45, 7) is 1.12. The molecule has 1 heterocycles. The van der Waals surface area contributed by atoms with Gasteiger partial charge in [0.2, 0.25) is 0 Å². The van der Waals surface area contributed by atoms with Crippen molar-refractivity contribution in [2.24, 2.45) is 5.41 Å². The van der Waals surface area contributed by atoms with E-state index in [9.17, 15) is 0 Å². The second-order valence-corrected chi connectivity index (χ2v) is 5.05. The van der Waals surface area contributed by atoms with Crippen LogP contribution in [0.4, 0.5) is 0 Å². The minimum Gasteiger partial charge on any atom is -0.319 e. The molecule has 0 radical (unpaired) electrons. The Morgan fingerprint density at radius 2 is 2.33 bits per heavy atom. The van der Waals surface area contributed by atoms with Gasteiger partial charge in [0, 0.05) is 24.9 Å². The third-order valence-electron chi connectivity index (χ3n) is 4.25. The molecule has 1 N–H and O–H groups in total. The summed E-state index contributed by atoms with van der Waals surface area (Å²) in [5, 5.41) is 3.35. The molecule has 0 aliphatic heterocycles. The van der Waals surface area contributed by atoms with E-state index >= 15 is 0 Å². The Hall–Kier alpha value is -0.890. The molecule has 1 saturated carbocycles. The predicted molar refractivity (Wildman–Crippen MR) is 60.9 cm³/mol. The Kier molecular flexibility index (Phi) is 2.06. The smallest absolute Gasteiger partial charge is 0.0302 e. The van der Waals surface area contributed by atoms with Gasteiger partial charge >= 0.3 is 0 Å². The summed E-state index contributed by atoms with van der Waals surface area (Å²) in [6.07, 6.45) is 9.49. The average Bonchev–Trinajstić information content (AvgIpc) is 3.04. The first-order chi connectivity index (χ1) is 7.36. The minimum absolute atomic E-state index is 0.650. The van der Waals surface area contributed by atoms with Gasteiger partial charge in [-0.05, 0) is 55.3 Å². The molecule has 2 aliphatic carbocycles. The second kappa shape index (κ2) is 3.31. The van der Waals surface area contributed by atoms with Crippen molar-refractivity contribution in [3.8, 4) is 0 Å². The van der Waals surface area contributed by atoms with Crippen molar-refractivity contribution in [1.82, 2.24) is 10.3 Å². The molecule has 1 fully saturated rings. The maximum Gasteiger partial charge on any atom is 0.0302 e. The summed E-state index contributed by atoms with van der Waals surface area (Å²) in [5.74, 6) is 0.731. The standard InChI is InChI=1S/C13H18N2/c1-14-9-12-11-3-7-15-8-10(11)2-4-13(12)5-6-13/h3,7-8,12,14H,2,4-6,9H2,1H3. The zero-order valence-electron chi connectivity index (χ0n) is 9.29. The number of aryl methyl sites for hydroxylation is 1. The molecule has 80 valence electrons. The molecule has 1 aromatic heterocycles. The SMILES string of the molecule is CNCC1c2ccncc2CCC12CC2. The molecule has 1 spiro atoms. The van der Waals surface area contributed by atoms with Crippen molar-refractivity contribution >= 4 is 0 Å². The fraction of sp³-hybridized carbons (Fsp3) is 0.615. The largest absolute Gasteiger partial charge is 0.319 e. The zero-order chi connectivity index (χ0) is 10.3. The second-order valence-electron chi connectivity index (χ2n) is 5.05. The van der Waals surface area contributed by atoms with Crippen molar-refractivity contribution in [3.63, 3.8) is 0 Å². The molecule has 2 heteroatoms. The lowest BCUT2D eigenvalue weighted by Gasteiger charge is -2.33. The molecule has 1 atom stereocenters. The monoisotopic (exact) mass is 202 g/mol. The van der Waals surface area contributed by atoms with Crippen LogP contribution in [0.5, 0.6) is 0 Å². The van der Waals surface area contributed by atoms with E-state index in [1.807, 2.05) is 6.20 Å². The Balaban J connectivity index is 2.00. The van der Waals surface area contributed by atoms with Gasteiger partial charge in [-0.1, -0.05) is 0 Å². The van der Waals surface area contributed by atoms with Crippen LogP contribution in [0.3, 0.4) is 0 Å². The Morgan fingerprint density at radius 3 is 3.07 bits per heavy atom. The van der Waals surface area contributed by atoms with Gasteiger partial charge in [0.05, 0.1) is 0 Å². The third-order valence-corrected chi connectivity index (χ3v) is 4.25. The van der Waals surface area contributed by atoms with Gasteiger partial charge in [-0.25, -0.2) is 0 Å². The van der Waals surface area contributed by atoms with E-state index < -0.39 is 0 Å². The van der Waals surface area contributed by atoms with Crippen LogP contribution in [0.2, 0.25) is 0 Å². The molecule has 15 heavy (non-hydrogen) atoms. The number of aromatic nitrogens is 1. The summed E-state index contributed by atoms with van der Waals surface area (Å²) in [7, 11) is 2.06. The van der Waals surface area contributed by atoms with Crippen molar-refractivity contribution < 1.29 is 0 Å². The quantitative estimate of drug-likeness (QED) is 0.794. The highest BCUT2D eigenvalue weighted by Gasteiger charge is 2.51. The first kappa shape index (κ1) is 9.34. The Bertz CT molecular complexity index is 369. The molecule has 0 aromatic carbocycles. The van der Waals surface area contributed by atoms with E-state index in [1.165, 1.54) is 31.2 Å². The summed E-state index contributed by atoms with van der Waals surface area (Å²) in [4.78, 5) is 4.24. The first-order valence-corrected chi connectivity index (χ1v) is 5.93. The molecular weight excluding hydrogens is 184 g/mol. The molecule has 0 bridgehead atoms. The lowest BCUT2D eigenvalue weighted by atomic mass is 9.73. The highest BCUT2D eigenvalue weighted by molar-refractivity contribution is 5.35. The molecule has 0 saturated heterocycles. The van der Waals surface area contributed by atoms with Gasteiger partial charge < -0.3 is 5.32 Å². The van der Waals surface area contributed by atoms with Crippen molar-refractivity contribution in [3.05, 3.63) is 29.6 Å². The van der Waals surface area contributed by atoms with Crippen molar-refractivity contribution in [2.75, 3.05) is 13.6 Å². The molecule has 2 aliphatic rings. The van der Waals surface area contributed by atoms with Gasteiger partial charge in [0.1, 0.15) is 0 Å². The predicted octanol–water partition coefficient (Wildman–Crippen LogP) is 2.11. The number of hydrogen-bond acceptors (Lipinski definition) is 2. The minimum atomic E-state index is 0.650. The van der Waals surface area contributed by atoms with Crippen LogP contribution in [0.1, 0.15) is 36.3 Å². The normalized spacial score (nSPS) is 26.3. The van der Waals surface area contributed by atoms with Crippen LogP contribution < -0.4 is 5.32 Å². The zero-order valence-corrected chi connectivity index (χ0v) is 9.29. The van der Waals surface area contributed by atoms with E-state index in [1.54, 1.807) is 5.56 Å². The molecule has 0 amide bonds. The van der Waals surface area contributed by atoms with Gasteiger partial charge in [0.15, 0.2) is 0 Å². The lowest BCUT2D eigenvalue weighted by Crippen LogP contribution is -2.30. The van der Waals surface area contributed by atoms with Crippen molar-refractivity contribution in [1.29, 1.82) is 0 Å². The van der Waals surface area contributed by atoms with E-state index in [0.717, 1.165) is 12.5 Å². The Labute approximate surface area is 91.1 Å². The number of hydrogen-bond donors (Lipinski definition) is 1. The lowest BCUT2D eigenvalue weighted by molar-refractivity contribution is 0.339. The number of fused-ring (bicyclic) bond motifs is 1. The summed E-state index contributed by atoms with van der Waals surface area (Å²) in [5.41, 5.74) is 3.69. The van der Waals surface area contributed by atoms with Gasteiger partial charge in [-0.3, -0.25) is 4.98 Å². The molecule has 3 rings (SSSR count). The van der Waals surface area contributed by atoms with Crippen LogP contribution in [0, 0.1) is 5.41 Å². The van der Waals surface area contributed by atoms with Crippen LogP contribution in [-0.2, 0) is 6.42 Å². The maximum absolute atomic E-state index is 4.24. The van der Waals surface area contributed by atoms with Crippen LogP contribution in [0.15, 0.2) is 18.5 Å². The first-order valence-electron chi connectivity index (χ1n) is 5.93. The fourth-order valence-corrected chi connectivity index (χ4v) is 3.16. The molecular formula is C13H18N2.